The molecule has 0 radical (unpaired) electrons. The van der Waals surface area contributed by atoms with E-state index in [2.05, 4.69) is 21.7 Å². The minimum absolute atomic E-state index is 0.467. The first-order chi connectivity index (χ1) is 15.7. The Morgan fingerprint density at radius 1 is 0.812 bits per heavy atom. The molecule has 0 aliphatic heterocycles. The highest BCUT2D eigenvalue weighted by Crippen LogP contribution is 2.28. The van der Waals surface area contributed by atoms with Crippen molar-refractivity contribution in [2.24, 2.45) is 7.05 Å². The second-order valence-electron chi connectivity index (χ2n) is 7.66. The summed E-state index contributed by atoms with van der Waals surface area (Å²) in [5.41, 5.74) is 11.4. The van der Waals surface area contributed by atoms with Crippen LogP contribution in [0, 0.1) is 0 Å². The average molecular weight is 420 g/mol. The first-order valence-corrected chi connectivity index (χ1v) is 10.5. The molecular formula is C27H23N4O+. The summed E-state index contributed by atoms with van der Waals surface area (Å²) in [7, 11) is 2.02. The summed E-state index contributed by atoms with van der Waals surface area (Å²) in [6.45, 7) is 0.529. The molecule has 32 heavy (non-hydrogen) atoms. The van der Waals surface area contributed by atoms with Gasteiger partial charge in [0, 0.05) is 28.6 Å². The molecular weight excluding hydrogens is 396 g/mol. The van der Waals surface area contributed by atoms with Crippen molar-refractivity contribution in [1.29, 1.82) is 0 Å². The quantitative estimate of drug-likeness (QED) is 0.410. The zero-order valence-corrected chi connectivity index (χ0v) is 17.8. The van der Waals surface area contributed by atoms with Gasteiger partial charge in [0.25, 0.3) is 0 Å². The molecule has 0 saturated carbocycles. The molecule has 0 saturated heterocycles. The van der Waals surface area contributed by atoms with Crippen molar-refractivity contribution in [1.82, 2.24) is 9.97 Å². The van der Waals surface area contributed by atoms with Crippen molar-refractivity contribution >= 4 is 16.7 Å². The first kappa shape index (κ1) is 19.7. The smallest absolute Gasteiger partial charge is 0.212 e. The molecule has 0 aliphatic rings. The molecule has 3 aromatic carbocycles. The van der Waals surface area contributed by atoms with Gasteiger partial charge in [0.2, 0.25) is 5.69 Å². The molecule has 5 rings (SSSR count). The van der Waals surface area contributed by atoms with Crippen LogP contribution >= 0.6 is 0 Å². The van der Waals surface area contributed by atoms with E-state index in [1.807, 2.05) is 92.1 Å². The number of benzene rings is 3. The summed E-state index contributed by atoms with van der Waals surface area (Å²) in [4.78, 5) is 9.32. The number of aromatic nitrogens is 3. The maximum atomic E-state index is 6.34. The molecule has 0 unspecified atom stereocenters. The number of nitrogens with two attached hydrogens (primary N) is 1. The van der Waals surface area contributed by atoms with Gasteiger partial charge >= 0.3 is 0 Å². The molecule has 0 amide bonds. The normalized spacial score (nSPS) is 10.9. The number of ether oxygens (including phenoxy) is 1. The fourth-order valence-electron chi connectivity index (χ4n) is 3.70. The molecule has 5 heteroatoms. The lowest BCUT2D eigenvalue weighted by Gasteiger charge is -2.09. The maximum absolute atomic E-state index is 6.34. The molecule has 156 valence electrons. The number of rotatable bonds is 5. The highest BCUT2D eigenvalue weighted by Gasteiger charge is 2.13. The van der Waals surface area contributed by atoms with E-state index in [0.717, 1.165) is 39.0 Å². The lowest BCUT2D eigenvalue weighted by molar-refractivity contribution is -0.660. The second-order valence-corrected chi connectivity index (χ2v) is 7.66. The molecule has 0 bridgehead atoms. The maximum Gasteiger partial charge on any atom is 0.212 e. The number of nitrogen functional groups attached to an aromatic ring is 1. The highest BCUT2D eigenvalue weighted by atomic mass is 16.5. The molecule has 5 aromatic rings. The van der Waals surface area contributed by atoms with Crippen molar-refractivity contribution in [2.45, 2.75) is 6.61 Å². The van der Waals surface area contributed by atoms with Crippen LogP contribution in [0.25, 0.3) is 33.5 Å². The monoisotopic (exact) mass is 419 g/mol. The van der Waals surface area contributed by atoms with E-state index in [0.29, 0.717) is 18.2 Å². The Bertz CT molecular complexity index is 1380. The summed E-state index contributed by atoms with van der Waals surface area (Å²) in [5.74, 6) is 1.87. The van der Waals surface area contributed by atoms with Crippen LogP contribution in [0.1, 0.15) is 5.56 Å². The second kappa shape index (κ2) is 8.47. The van der Waals surface area contributed by atoms with Gasteiger partial charge in [-0.1, -0.05) is 30.3 Å². The summed E-state index contributed by atoms with van der Waals surface area (Å²) >= 11 is 0. The van der Waals surface area contributed by atoms with Crippen molar-refractivity contribution in [3.8, 4) is 28.4 Å². The lowest BCUT2D eigenvalue weighted by Crippen LogP contribution is -2.29. The van der Waals surface area contributed by atoms with E-state index < -0.39 is 0 Å². The summed E-state index contributed by atoms with van der Waals surface area (Å²) in [6, 6.07) is 30.1. The third kappa shape index (κ3) is 4.01. The molecule has 2 aromatic heterocycles. The molecule has 0 fully saturated rings. The number of hydrogen-bond donors (Lipinski definition) is 1. The number of anilines is 1. The Labute approximate surface area is 186 Å². The van der Waals surface area contributed by atoms with Gasteiger partial charge in [0.1, 0.15) is 25.2 Å². The number of hydrogen-bond acceptors (Lipinski definition) is 4. The third-order valence-corrected chi connectivity index (χ3v) is 5.44. The van der Waals surface area contributed by atoms with E-state index in [-0.39, 0.29) is 0 Å². The van der Waals surface area contributed by atoms with E-state index in [1.165, 1.54) is 0 Å². The molecule has 2 N–H and O–H groups in total. The standard InChI is InChI=1S/C27H22N4O/c1-31-16-6-5-9-25(31)21-12-15-24-23(17-21)26(28)30-27(29-24)20-10-13-22(14-11-20)32-18-19-7-3-2-4-8-19/h2-17,28H,18H2,1H3/p+1. The first-order valence-electron chi connectivity index (χ1n) is 10.5. The molecule has 5 nitrogen and oxygen atoms in total. The van der Waals surface area contributed by atoms with E-state index >= 15 is 0 Å². The van der Waals surface area contributed by atoms with Gasteiger partial charge in [-0.3, -0.25) is 0 Å². The Morgan fingerprint density at radius 3 is 2.34 bits per heavy atom. The molecule has 0 atom stereocenters. The largest absolute Gasteiger partial charge is 0.489 e. The van der Waals surface area contributed by atoms with Crippen LogP contribution in [0.5, 0.6) is 5.75 Å². The molecule has 0 spiro atoms. The van der Waals surface area contributed by atoms with E-state index in [9.17, 15) is 0 Å². The molecule has 0 aliphatic carbocycles. The highest BCUT2D eigenvalue weighted by molar-refractivity contribution is 5.92. The van der Waals surface area contributed by atoms with Gasteiger partial charge in [-0.05, 0) is 54.1 Å². The third-order valence-electron chi connectivity index (χ3n) is 5.44. The molecule has 2 heterocycles. The van der Waals surface area contributed by atoms with Crippen LogP contribution in [-0.4, -0.2) is 9.97 Å². The summed E-state index contributed by atoms with van der Waals surface area (Å²) in [6.07, 6.45) is 2.02. The van der Waals surface area contributed by atoms with Crippen molar-refractivity contribution in [3.63, 3.8) is 0 Å². The topological polar surface area (TPSA) is 64.9 Å². The van der Waals surface area contributed by atoms with Crippen LogP contribution in [0.3, 0.4) is 0 Å². The van der Waals surface area contributed by atoms with Gasteiger partial charge in [0.05, 0.1) is 5.52 Å². The van der Waals surface area contributed by atoms with Gasteiger partial charge in [-0.2, -0.15) is 0 Å². The number of fused-ring (bicyclic) bond motifs is 1. The fourth-order valence-corrected chi connectivity index (χ4v) is 3.70. The van der Waals surface area contributed by atoms with Crippen molar-refractivity contribution in [2.75, 3.05) is 5.73 Å². The van der Waals surface area contributed by atoms with Crippen LogP contribution in [0.4, 0.5) is 5.82 Å². The SMILES string of the molecule is C[n+]1ccccc1-c1ccc2nc(-c3ccc(OCc4ccccc4)cc3)nc(N)c2c1. The van der Waals surface area contributed by atoms with Gasteiger partial charge < -0.3 is 10.5 Å². The van der Waals surface area contributed by atoms with Gasteiger partial charge in [-0.15, -0.1) is 0 Å². The van der Waals surface area contributed by atoms with Crippen LogP contribution in [0.2, 0.25) is 0 Å². The zero-order chi connectivity index (χ0) is 21.9. The zero-order valence-electron chi connectivity index (χ0n) is 17.8. The number of pyridine rings is 1. The van der Waals surface area contributed by atoms with Crippen molar-refractivity contribution in [3.05, 3.63) is 103 Å². The van der Waals surface area contributed by atoms with Crippen LogP contribution < -0.4 is 15.0 Å². The van der Waals surface area contributed by atoms with Gasteiger partial charge in [0.15, 0.2) is 12.0 Å². The van der Waals surface area contributed by atoms with E-state index in [1.54, 1.807) is 0 Å². The number of nitrogens with zero attached hydrogens (tertiary/aromatic N) is 3. The predicted octanol–water partition coefficient (Wildman–Crippen LogP) is 4.95. The van der Waals surface area contributed by atoms with Crippen LogP contribution in [0.15, 0.2) is 97.2 Å². The van der Waals surface area contributed by atoms with E-state index in [4.69, 9.17) is 15.5 Å². The number of aryl methyl sites for hydroxylation is 1. The Balaban J connectivity index is 1.41. The fraction of sp³-hybridized carbons (Fsp3) is 0.0741. The lowest BCUT2D eigenvalue weighted by atomic mass is 10.1. The van der Waals surface area contributed by atoms with Gasteiger partial charge in [-0.25, -0.2) is 14.5 Å². The van der Waals surface area contributed by atoms with Crippen molar-refractivity contribution < 1.29 is 9.30 Å². The predicted molar refractivity (Wildman–Crippen MR) is 127 cm³/mol. The summed E-state index contributed by atoms with van der Waals surface area (Å²) < 4.78 is 7.95. The minimum Gasteiger partial charge on any atom is -0.489 e. The average Bonchev–Trinajstić information content (AvgIpc) is 2.84. The van der Waals surface area contributed by atoms with Crippen LogP contribution in [-0.2, 0) is 13.7 Å². The summed E-state index contributed by atoms with van der Waals surface area (Å²) in [5, 5.41) is 0.845. The Morgan fingerprint density at radius 2 is 1.56 bits per heavy atom. The minimum atomic E-state index is 0.467. The Kier molecular flexibility index (Phi) is 5.22. The Hall–Kier alpha value is -4.25.